The summed E-state index contributed by atoms with van der Waals surface area (Å²) in [7, 11) is 2.11. The summed E-state index contributed by atoms with van der Waals surface area (Å²) < 4.78 is 0. The first-order valence-corrected chi connectivity index (χ1v) is 4.69. The molecule has 0 spiro atoms. The van der Waals surface area contributed by atoms with E-state index in [9.17, 15) is 0 Å². The maximum absolute atomic E-state index is 2.22. The second-order valence-electron chi connectivity index (χ2n) is 2.13. The fraction of sp³-hybridized carbons (Fsp3) is 0.800. The lowest BCUT2D eigenvalue weighted by Crippen LogP contribution is -2.17. The van der Waals surface area contributed by atoms with E-state index in [1.54, 1.807) is 0 Å². The van der Waals surface area contributed by atoms with Crippen LogP contribution in [0.4, 0.5) is 0 Å². The lowest BCUT2D eigenvalue weighted by atomic mass is 10.3. The molecule has 0 radical (unpaired) electrons. The second kappa shape index (κ2) is 9.54. The van der Waals surface area contributed by atoms with E-state index in [1.807, 2.05) is 27.7 Å². The van der Waals surface area contributed by atoms with Gasteiger partial charge < -0.3 is 4.90 Å². The van der Waals surface area contributed by atoms with Crippen LogP contribution in [0.5, 0.6) is 0 Å². The SMILES string of the molecule is CC.CC.CC1CC=CN1C. The Hall–Kier alpha value is -0.460. The van der Waals surface area contributed by atoms with Crippen LogP contribution in [0.3, 0.4) is 0 Å². The Morgan fingerprint density at radius 1 is 1.18 bits per heavy atom. The highest BCUT2D eigenvalue weighted by Gasteiger charge is 2.06. The minimum Gasteiger partial charge on any atom is -0.378 e. The predicted octanol–water partition coefficient (Wildman–Crippen LogP) is 3.28. The van der Waals surface area contributed by atoms with Crippen LogP contribution >= 0.6 is 0 Å². The van der Waals surface area contributed by atoms with Gasteiger partial charge in [0.2, 0.25) is 0 Å². The third kappa shape index (κ3) is 5.96. The molecule has 0 fully saturated rings. The number of hydrogen-bond acceptors (Lipinski definition) is 1. The zero-order valence-electron chi connectivity index (χ0n) is 8.89. The quantitative estimate of drug-likeness (QED) is 0.521. The van der Waals surface area contributed by atoms with Crippen molar-refractivity contribution in [2.24, 2.45) is 0 Å². The van der Waals surface area contributed by atoms with Crippen molar-refractivity contribution in [2.45, 2.75) is 47.1 Å². The molecule has 1 aliphatic heterocycles. The zero-order valence-corrected chi connectivity index (χ0v) is 8.89. The van der Waals surface area contributed by atoms with Gasteiger partial charge in [-0.2, -0.15) is 0 Å². The molecule has 1 unspecified atom stereocenters. The standard InChI is InChI=1S/C6H11N.2C2H6/c1-6-4-3-5-7(6)2;2*1-2/h3,5-6H,4H2,1-2H3;2*1-2H3. The third-order valence-electron chi connectivity index (χ3n) is 1.51. The van der Waals surface area contributed by atoms with E-state index in [1.165, 1.54) is 6.42 Å². The van der Waals surface area contributed by atoms with E-state index in [-0.39, 0.29) is 0 Å². The smallest absolute Gasteiger partial charge is 0.0287 e. The topological polar surface area (TPSA) is 3.24 Å². The van der Waals surface area contributed by atoms with Crippen molar-refractivity contribution in [1.29, 1.82) is 0 Å². The van der Waals surface area contributed by atoms with Gasteiger partial charge in [0.15, 0.2) is 0 Å². The van der Waals surface area contributed by atoms with Gasteiger partial charge in [-0.1, -0.05) is 33.8 Å². The average molecular weight is 157 g/mol. The minimum absolute atomic E-state index is 0.736. The highest BCUT2D eigenvalue weighted by Crippen LogP contribution is 2.08. The van der Waals surface area contributed by atoms with E-state index in [0.29, 0.717) is 0 Å². The molecule has 0 aromatic heterocycles. The lowest BCUT2D eigenvalue weighted by molar-refractivity contribution is 0.383. The summed E-state index contributed by atoms with van der Waals surface area (Å²) in [6, 6.07) is 0.736. The van der Waals surface area contributed by atoms with Crippen LogP contribution in [0.2, 0.25) is 0 Å². The monoisotopic (exact) mass is 157 g/mol. The van der Waals surface area contributed by atoms with Gasteiger partial charge in [-0.05, 0) is 19.5 Å². The molecule has 11 heavy (non-hydrogen) atoms. The van der Waals surface area contributed by atoms with Gasteiger partial charge >= 0.3 is 0 Å². The Labute approximate surface area is 72.1 Å². The second-order valence-corrected chi connectivity index (χ2v) is 2.13. The fourth-order valence-electron chi connectivity index (χ4n) is 0.737. The fourth-order valence-corrected chi connectivity index (χ4v) is 0.737. The van der Waals surface area contributed by atoms with Crippen LogP contribution in [-0.2, 0) is 0 Å². The summed E-state index contributed by atoms with van der Waals surface area (Å²) in [5.74, 6) is 0. The Kier molecular flexibility index (Phi) is 11.4. The highest BCUT2D eigenvalue weighted by molar-refractivity contribution is 4.93. The molecule has 0 amide bonds. The van der Waals surface area contributed by atoms with Gasteiger partial charge in [0, 0.05) is 13.1 Å². The summed E-state index contributed by atoms with van der Waals surface area (Å²) in [6.45, 7) is 10.2. The summed E-state index contributed by atoms with van der Waals surface area (Å²) >= 11 is 0. The third-order valence-corrected chi connectivity index (χ3v) is 1.51. The largest absolute Gasteiger partial charge is 0.378 e. The highest BCUT2D eigenvalue weighted by atomic mass is 15.1. The minimum atomic E-state index is 0.736. The first-order chi connectivity index (χ1) is 5.30. The van der Waals surface area contributed by atoms with E-state index < -0.39 is 0 Å². The number of rotatable bonds is 0. The van der Waals surface area contributed by atoms with Crippen LogP contribution in [0, 0.1) is 0 Å². The van der Waals surface area contributed by atoms with Crippen LogP contribution in [0.1, 0.15) is 41.0 Å². The maximum Gasteiger partial charge on any atom is 0.0287 e. The Morgan fingerprint density at radius 2 is 1.64 bits per heavy atom. The van der Waals surface area contributed by atoms with Gasteiger partial charge in [-0.15, -0.1) is 0 Å². The summed E-state index contributed by atoms with van der Waals surface area (Å²) in [5, 5.41) is 0. The van der Waals surface area contributed by atoms with Gasteiger partial charge in [-0.3, -0.25) is 0 Å². The van der Waals surface area contributed by atoms with Crippen LogP contribution in [0.25, 0.3) is 0 Å². The molecule has 0 aromatic rings. The molecule has 1 nitrogen and oxygen atoms in total. The van der Waals surface area contributed by atoms with Gasteiger partial charge in [-0.25, -0.2) is 0 Å². The van der Waals surface area contributed by atoms with Gasteiger partial charge in [0.25, 0.3) is 0 Å². The molecule has 1 rings (SSSR count). The molecule has 0 bridgehead atoms. The van der Waals surface area contributed by atoms with Gasteiger partial charge in [0.1, 0.15) is 0 Å². The van der Waals surface area contributed by atoms with E-state index >= 15 is 0 Å². The van der Waals surface area contributed by atoms with Crippen molar-refractivity contribution in [3.63, 3.8) is 0 Å². The molecular formula is C10H23N. The Bertz CT molecular complexity index is 86.9. The van der Waals surface area contributed by atoms with Crippen molar-refractivity contribution < 1.29 is 0 Å². The first kappa shape index (κ1) is 13.2. The number of nitrogens with zero attached hydrogens (tertiary/aromatic N) is 1. The molecule has 0 aliphatic carbocycles. The molecule has 68 valence electrons. The normalized spacial score (nSPS) is 19.8. The predicted molar refractivity (Wildman–Crippen MR) is 53.7 cm³/mol. The molecule has 0 N–H and O–H groups in total. The molecule has 0 saturated carbocycles. The molecule has 1 aliphatic rings. The van der Waals surface area contributed by atoms with Crippen molar-refractivity contribution in [3.8, 4) is 0 Å². The summed E-state index contributed by atoms with van der Waals surface area (Å²) in [5.41, 5.74) is 0. The van der Waals surface area contributed by atoms with Crippen LogP contribution in [0.15, 0.2) is 12.3 Å². The molecule has 1 atom stereocenters. The maximum atomic E-state index is 2.22. The molecule has 1 heteroatoms. The Morgan fingerprint density at radius 3 is 1.73 bits per heavy atom. The van der Waals surface area contributed by atoms with Crippen LogP contribution in [-0.4, -0.2) is 18.0 Å². The van der Waals surface area contributed by atoms with Crippen molar-refractivity contribution in [3.05, 3.63) is 12.3 Å². The van der Waals surface area contributed by atoms with E-state index in [2.05, 4.69) is 31.1 Å². The van der Waals surface area contributed by atoms with Crippen molar-refractivity contribution in [2.75, 3.05) is 7.05 Å². The zero-order chi connectivity index (χ0) is 9.28. The number of hydrogen-bond donors (Lipinski definition) is 0. The molecule has 1 heterocycles. The molecule has 0 aromatic carbocycles. The lowest BCUT2D eigenvalue weighted by Gasteiger charge is -2.14. The van der Waals surface area contributed by atoms with Gasteiger partial charge in [0.05, 0.1) is 0 Å². The molecule has 0 saturated heterocycles. The van der Waals surface area contributed by atoms with Crippen LogP contribution < -0.4 is 0 Å². The van der Waals surface area contributed by atoms with Crippen molar-refractivity contribution in [1.82, 2.24) is 4.90 Å². The first-order valence-electron chi connectivity index (χ1n) is 4.69. The van der Waals surface area contributed by atoms with Crippen molar-refractivity contribution >= 4 is 0 Å². The van der Waals surface area contributed by atoms with E-state index in [0.717, 1.165) is 6.04 Å². The average Bonchev–Trinajstić information content (AvgIpc) is 2.44. The summed E-state index contributed by atoms with van der Waals surface area (Å²) in [4.78, 5) is 2.22. The molecular weight excluding hydrogens is 134 g/mol. The van der Waals surface area contributed by atoms with E-state index in [4.69, 9.17) is 0 Å². The summed E-state index contributed by atoms with van der Waals surface area (Å²) in [6.07, 6.45) is 5.55. The Balaban J connectivity index is 0.